The lowest BCUT2D eigenvalue weighted by atomic mass is 10.1. The van der Waals surface area contributed by atoms with E-state index in [4.69, 9.17) is 17.3 Å². The zero-order chi connectivity index (χ0) is 22.8. The van der Waals surface area contributed by atoms with Gasteiger partial charge in [0.1, 0.15) is 5.69 Å². The molecule has 1 aliphatic heterocycles. The van der Waals surface area contributed by atoms with Crippen molar-refractivity contribution < 1.29 is 13.6 Å². The quantitative estimate of drug-likeness (QED) is 0.580. The zero-order valence-electron chi connectivity index (χ0n) is 17.4. The van der Waals surface area contributed by atoms with Gasteiger partial charge in [-0.25, -0.2) is 13.8 Å². The molecule has 1 amide bonds. The van der Waals surface area contributed by atoms with Crippen LogP contribution in [0.5, 0.6) is 0 Å². The first-order valence-electron chi connectivity index (χ1n) is 10.2. The SMILES string of the molecule is Cc1cnc(C(=O)N2CC[C@H](N(Cc3cccc(F)c3F)c3ccc(N)c(Cl)c3)C2)cn1. The molecule has 9 heteroatoms. The van der Waals surface area contributed by atoms with Crippen LogP contribution in [0.3, 0.4) is 0 Å². The largest absolute Gasteiger partial charge is 0.398 e. The molecule has 0 unspecified atom stereocenters. The van der Waals surface area contributed by atoms with Crippen molar-refractivity contribution in [2.75, 3.05) is 23.7 Å². The normalized spacial score (nSPS) is 15.8. The highest BCUT2D eigenvalue weighted by Gasteiger charge is 2.32. The van der Waals surface area contributed by atoms with Crippen LogP contribution in [0.25, 0.3) is 0 Å². The van der Waals surface area contributed by atoms with E-state index in [0.29, 0.717) is 35.9 Å². The molecule has 0 saturated carbocycles. The van der Waals surface area contributed by atoms with E-state index in [2.05, 4.69) is 9.97 Å². The molecule has 3 aromatic rings. The van der Waals surface area contributed by atoms with Gasteiger partial charge in [-0.1, -0.05) is 23.7 Å². The molecule has 6 nitrogen and oxygen atoms in total. The number of carbonyl (C=O) groups excluding carboxylic acids is 1. The standard InChI is InChI=1S/C23H22ClF2N5O/c1-14-10-29-21(11-28-14)23(32)30-8-7-17(13-30)31(16-5-6-20(27)18(24)9-16)12-15-3-2-4-19(25)22(15)26/h2-6,9-11,17H,7-8,12-13,27H2,1H3/t17-/m0/s1. The second-order valence-corrected chi connectivity index (χ2v) is 8.19. The number of aryl methyl sites for hydroxylation is 1. The summed E-state index contributed by atoms with van der Waals surface area (Å²) in [4.78, 5) is 24.8. The maximum Gasteiger partial charge on any atom is 0.274 e. The van der Waals surface area contributed by atoms with Crippen LogP contribution in [-0.2, 0) is 6.54 Å². The number of rotatable bonds is 5. The third kappa shape index (κ3) is 4.50. The van der Waals surface area contributed by atoms with E-state index in [-0.39, 0.29) is 29.8 Å². The number of hydrogen-bond acceptors (Lipinski definition) is 5. The predicted octanol–water partition coefficient (Wildman–Crippen LogP) is 4.22. The second-order valence-electron chi connectivity index (χ2n) is 7.78. The van der Waals surface area contributed by atoms with Gasteiger partial charge in [-0.05, 0) is 37.6 Å². The van der Waals surface area contributed by atoms with Crippen LogP contribution in [0.1, 0.15) is 28.2 Å². The van der Waals surface area contributed by atoms with Crippen molar-refractivity contribution in [2.45, 2.75) is 25.9 Å². The van der Waals surface area contributed by atoms with Crippen molar-refractivity contribution in [1.82, 2.24) is 14.9 Å². The van der Waals surface area contributed by atoms with Gasteiger partial charge in [0.25, 0.3) is 5.91 Å². The topological polar surface area (TPSA) is 75.4 Å². The van der Waals surface area contributed by atoms with Crippen LogP contribution in [-0.4, -0.2) is 39.9 Å². The molecule has 1 fully saturated rings. The maximum absolute atomic E-state index is 14.4. The fourth-order valence-electron chi connectivity index (χ4n) is 3.83. The smallest absolute Gasteiger partial charge is 0.274 e. The van der Waals surface area contributed by atoms with Gasteiger partial charge >= 0.3 is 0 Å². The molecule has 2 heterocycles. The maximum atomic E-state index is 14.4. The summed E-state index contributed by atoms with van der Waals surface area (Å²) in [5.74, 6) is -2.01. The van der Waals surface area contributed by atoms with Gasteiger partial charge in [0, 0.05) is 43.1 Å². The fourth-order valence-corrected chi connectivity index (χ4v) is 4.00. The summed E-state index contributed by atoms with van der Waals surface area (Å²) in [6.07, 6.45) is 3.66. The highest BCUT2D eigenvalue weighted by atomic mass is 35.5. The van der Waals surface area contributed by atoms with Crippen molar-refractivity contribution in [3.63, 3.8) is 0 Å². The van der Waals surface area contributed by atoms with Crippen LogP contribution < -0.4 is 10.6 Å². The Morgan fingerprint density at radius 1 is 1.25 bits per heavy atom. The lowest BCUT2D eigenvalue weighted by molar-refractivity contribution is 0.0784. The molecular formula is C23H22ClF2N5O. The number of nitrogens with two attached hydrogens (primary N) is 1. The molecule has 1 saturated heterocycles. The highest BCUT2D eigenvalue weighted by Crippen LogP contribution is 2.31. The van der Waals surface area contributed by atoms with Crippen LogP contribution >= 0.6 is 11.6 Å². The van der Waals surface area contributed by atoms with Gasteiger partial charge in [0.15, 0.2) is 11.6 Å². The number of likely N-dealkylation sites (tertiary alicyclic amines) is 1. The molecule has 0 spiro atoms. The Labute approximate surface area is 189 Å². The molecule has 0 aliphatic carbocycles. The Hall–Kier alpha value is -3.26. The minimum absolute atomic E-state index is 0.112. The number of anilines is 2. The van der Waals surface area contributed by atoms with Crippen molar-refractivity contribution in [3.8, 4) is 0 Å². The van der Waals surface area contributed by atoms with Gasteiger partial charge in [-0.2, -0.15) is 0 Å². The number of carbonyl (C=O) groups is 1. The van der Waals surface area contributed by atoms with E-state index < -0.39 is 11.6 Å². The van der Waals surface area contributed by atoms with Crippen molar-refractivity contribution in [3.05, 3.63) is 82.4 Å². The van der Waals surface area contributed by atoms with E-state index in [9.17, 15) is 13.6 Å². The lowest BCUT2D eigenvalue weighted by Gasteiger charge is -2.32. The number of benzene rings is 2. The molecule has 166 valence electrons. The molecule has 2 N–H and O–H groups in total. The first-order valence-corrected chi connectivity index (χ1v) is 10.5. The number of nitrogen functional groups attached to an aromatic ring is 1. The minimum atomic E-state index is -0.904. The van der Waals surface area contributed by atoms with E-state index in [1.54, 1.807) is 42.3 Å². The Kier molecular flexibility index (Phi) is 6.23. The summed E-state index contributed by atoms with van der Waals surface area (Å²) >= 11 is 6.23. The molecule has 1 aromatic heterocycles. The average Bonchev–Trinajstić information content (AvgIpc) is 3.27. The number of aromatic nitrogens is 2. The second kappa shape index (κ2) is 9.08. The predicted molar refractivity (Wildman–Crippen MR) is 119 cm³/mol. The van der Waals surface area contributed by atoms with E-state index >= 15 is 0 Å². The summed E-state index contributed by atoms with van der Waals surface area (Å²) < 4.78 is 28.3. The van der Waals surface area contributed by atoms with Crippen molar-refractivity contribution in [2.24, 2.45) is 0 Å². The van der Waals surface area contributed by atoms with Gasteiger partial charge in [-0.15, -0.1) is 0 Å². The Morgan fingerprint density at radius 3 is 2.78 bits per heavy atom. The summed E-state index contributed by atoms with van der Waals surface area (Å²) in [7, 11) is 0. The number of amides is 1. The van der Waals surface area contributed by atoms with E-state index in [1.165, 1.54) is 12.3 Å². The third-order valence-corrected chi connectivity index (χ3v) is 5.91. The molecular weight excluding hydrogens is 436 g/mol. The molecule has 1 aliphatic rings. The lowest BCUT2D eigenvalue weighted by Crippen LogP contribution is -2.39. The Bertz CT molecular complexity index is 1140. The Morgan fingerprint density at radius 2 is 2.06 bits per heavy atom. The van der Waals surface area contributed by atoms with Gasteiger partial charge in [0.05, 0.1) is 22.6 Å². The molecule has 4 rings (SSSR count). The Balaban J connectivity index is 1.61. The molecule has 0 radical (unpaired) electrons. The molecule has 0 bridgehead atoms. The fraction of sp³-hybridized carbons (Fsp3) is 0.261. The highest BCUT2D eigenvalue weighted by molar-refractivity contribution is 6.33. The van der Waals surface area contributed by atoms with E-state index in [1.807, 2.05) is 4.90 Å². The van der Waals surface area contributed by atoms with E-state index in [0.717, 1.165) is 11.8 Å². The van der Waals surface area contributed by atoms with Crippen LogP contribution in [0.15, 0.2) is 48.8 Å². The van der Waals surface area contributed by atoms with Crippen molar-refractivity contribution >= 4 is 28.9 Å². The average molecular weight is 458 g/mol. The summed E-state index contributed by atoms with van der Waals surface area (Å²) in [6, 6.07) is 9.12. The number of nitrogens with zero attached hydrogens (tertiary/aromatic N) is 4. The zero-order valence-corrected chi connectivity index (χ0v) is 18.2. The monoisotopic (exact) mass is 457 g/mol. The third-order valence-electron chi connectivity index (χ3n) is 5.58. The summed E-state index contributed by atoms with van der Waals surface area (Å²) in [6.45, 7) is 2.81. The molecule has 2 aromatic carbocycles. The first kappa shape index (κ1) is 22.0. The number of halogens is 3. The van der Waals surface area contributed by atoms with Gasteiger partial charge in [-0.3, -0.25) is 9.78 Å². The summed E-state index contributed by atoms with van der Waals surface area (Å²) in [5, 5.41) is 0.369. The van der Waals surface area contributed by atoms with Crippen LogP contribution in [0, 0.1) is 18.6 Å². The summed E-state index contributed by atoms with van der Waals surface area (Å²) in [5.41, 5.74) is 8.20. The minimum Gasteiger partial charge on any atom is -0.398 e. The van der Waals surface area contributed by atoms with Crippen molar-refractivity contribution in [1.29, 1.82) is 0 Å². The molecule has 32 heavy (non-hydrogen) atoms. The molecule has 1 atom stereocenters. The van der Waals surface area contributed by atoms with Gasteiger partial charge in [0.2, 0.25) is 0 Å². The van der Waals surface area contributed by atoms with Crippen LogP contribution in [0.4, 0.5) is 20.2 Å². The van der Waals surface area contributed by atoms with Gasteiger partial charge < -0.3 is 15.5 Å². The number of hydrogen-bond donors (Lipinski definition) is 1. The first-order chi connectivity index (χ1) is 15.3. The van der Waals surface area contributed by atoms with Crippen LogP contribution in [0.2, 0.25) is 5.02 Å².